The lowest BCUT2D eigenvalue weighted by atomic mass is 9.97. The van der Waals surface area contributed by atoms with Gasteiger partial charge in [0.25, 0.3) is 0 Å². The summed E-state index contributed by atoms with van der Waals surface area (Å²) in [5.74, 6) is 0.0445. The van der Waals surface area contributed by atoms with Crippen LogP contribution in [0.5, 0.6) is 0 Å². The van der Waals surface area contributed by atoms with Crippen molar-refractivity contribution in [3.63, 3.8) is 0 Å². The number of fused-ring (bicyclic) bond motifs is 1. The monoisotopic (exact) mass is 465 g/mol. The van der Waals surface area contributed by atoms with Gasteiger partial charge in [0.1, 0.15) is 0 Å². The normalized spacial score (nSPS) is 16.4. The standard InChI is InChI=1S/C24H24ClN5OS/c1-16-4-8-18(9-5-16)21-15-30-23(27-21)32-24(28-30)29-12-2-3-19(14-29)22(31)26-13-17-6-10-20(25)11-7-17/h4-11,15,19H,2-3,12-14H2,1H3,(H,26,31). The molecule has 2 aromatic carbocycles. The zero-order valence-electron chi connectivity index (χ0n) is 17.8. The molecule has 5 rings (SSSR count). The third kappa shape index (κ3) is 4.49. The van der Waals surface area contributed by atoms with Gasteiger partial charge in [-0.05, 0) is 37.5 Å². The Kier molecular flexibility index (Phi) is 5.85. The Morgan fingerprint density at radius 2 is 1.97 bits per heavy atom. The molecule has 1 N–H and O–H groups in total. The fourth-order valence-electron chi connectivity index (χ4n) is 3.98. The average Bonchev–Trinajstić information content (AvgIpc) is 3.39. The maximum Gasteiger partial charge on any atom is 0.225 e. The van der Waals surface area contributed by atoms with E-state index in [2.05, 4.69) is 41.4 Å². The van der Waals surface area contributed by atoms with E-state index in [9.17, 15) is 4.79 Å². The summed E-state index contributed by atoms with van der Waals surface area (Å²) in [4.78, 5) is 20.6. The summed E-state index contributed by atoms with van der Waals surface area (Å²) >= 11 is 7.50. The van der Waals surface area contributed by atoms with Crippen LogP contribution in [0.15, 0.2) is 54.7 Å². The predicted molar refractivity (Wildman–Crippen MR) is 129 cm³/mol. The summed E-state index contributed by atoms with van der Waals surface area (Å²) in [5, 5.41) is 9.43. The lowest BCUT2D eigenvalue weighted by molar-refractivity contribution is -0.125. The van der Waals surface area contributed by atoms with Crippen molar-refractivity contribution in [3.8, 4) is 11.3 Å². The number of amides is 1. The molecule has 0 radical (unpaired) electrons. The molecule has 1 amide bonds. The van der Waals surface area contributed by atoms with Crippen molar-refractivity contribution in [1.29, 1.82) is 0 Å². The number of carbonyl (C=O) groups is 1. The van der Waals surface area contributed by atoms with Gasteiger partial charge in [0, 0.05) is 30.2 Å². The second-order valence-corrected chi connectivity index (χ2v) is 9.60. The minimum Gasteiger partial charge on any atom is -0.352 e. The van der Waals surface area contributed by atoms with Gasteiger partial charge in [0.05, 0.1) is 17.8 Å². The van der Waals surface area contributed by atoms with Crippen LogP contribution in [0.25, 0.3) is 16.2 Å². The SMILES string of the molecule is Cc1ccc(-c2cn3nc(N4CCCC(C(=O)NCc5ccc(Cl)cc5)C4)sc3n2)cc1. The third-order valence-electron chi connectivity index (χ3n) is 5.82. The van der Waals surface area contributed by atoms with E-state index < -0.39 is 0 Å². The molecule has 4 aromatic rings. The summed E-state index contributed by atoms with van der Waals surface area (Å²) in [6.45, 7) is 4.17. The van der Waals surface area contributed by atoms with Gasteiger partial charge in [-0.2, -0.15) is 0 Å². The Morgan fingerprint density at radius 3 is 2.72 bits per heavy atom. The molecule has 1 saturated heterocycles. The fraction of sp³-hybridized carbons (Fsp3) is 0.292. The molecule has 1 unspecified atom stereocenters. The first-order chi connectivity index (χ1) is 15.5. The van der Waals surface area contributed by atoms with Crippen LogP contribution in [0.2, 0.25) is 5.02 Å². The predicted octanol–water partition coefficient (Wildman–Crippen LogP) is 4.95. The molecular weight excluding hydrogens is 442 g/mol. The Morgan fingerprint density at radius 1 is 1.19 bits per heavy atom. The molecule has 1 fully saturated rings. The first kappa shape index (κ1) is 21.0. The lowest BCUT2D eigenvalue weighted by Gasteiger charge is -2.31. The van der Waals surface area contributed by atoms with E-state index in [1.54, 1.807) is 11.3 Å². The summed E-state index contributed by atoms with van der Waals surface area (Å²) in [5.41, 5.74) is 4.28. The highest BCUT2D eigenvalue weighted by Gasteiger charge is 2.27. The maximum atomic E-state index is 12.8. The molecule has 8 heteroatoms. The number of aromatic nitrogens is 3. The number of anilines is 1. The molecular formula is C24H24ClN5OS. The number of imidazole rings is 1. The topological polar surface area (TPSA) is 62.5 Å². The van der Waals surface area contributed by atoms with Gasteiger partial charge in [0.15, 0.2) is 0 Å². The Labute approximate surface area is 195 Å². The molecule has 0 aliphatic carbocycles. The molecule has 6 nitrogen and oxygen atoms in total. The summed E-state index contributed by atoms with van der Waals surface area (Å²) < 4.78 is 1.85. The molecule has 1 aliphatic rings. The zero-order valence-corrected chi connectivity index (χ0v) is 19.4. The third-order valence-corrected chi connectivity index (χ3v) is 7.06. The molecule has 164 valence electrons. The Hall–Kier alpha value is -2.90. The average molecular weight is 466 g/mol. The maximum absolute atomic E-state index is 12.8. The minimum atomic E-state index is -0.0459. The number of nitrogens with one attached hydrogen (secondary N) is 1. The van der Waals surface area contributed by atoms with Crippen LogP contribution in [0, 0.1) is 12.8 Å². The number of nitrogens with zero attached hydrogens (tertiary/aromatic N) is 4. The van der Waals surface area contributed by atoms with E-state index in [0.29, 0.717) is 18.1 Å². The molecule has 32 heavy (non-hydrogen) atoms. The minimum absolute atomic E-state index is 0.0459. The summed E-state index contributed by atoms with van der Waals surface area (Å²) in [6.07, 6.45) is 3.83. The van der Waals surface area contributed by atoms with Crippen LogP contribution in [0.3, 0.4) is 0 Å². The largest absolute Gasteiger partial charge is 0.352 e. The van der Waals surface area contributed by atoms with Gasteiger partial charge in [-0.1, -0.05) is 64.9 Å². The second kappa shape index (κ2) is 8.92. The van der Waals surface area contributed by atoms with E-state index >= 15 is 0 Å². The van der Waals surface area contributed by atoms with E-state index in [1.165, 1.54) is 5.56 Å². The first-order valence-corrected chi connectivity index (χ1v) is 11.9. The van der Waals surface area contributed by atoms with Crippen molar-refractivity contribution < 1.29 is 4.79 Å². The molecule has 3 heterocycles. The van der Waals surface area contributed by atoms with Crippen LogP contribution < -0.4 is 10.2 Å². The Bertz CT molecular complexity index is 1200. The van der Waals surface area contributed by atoms with Crippen molar-refractivity contribution in [2.75, 3.05) is 18.0 Å². The molecule has 0 bridgehead atoms. The van der Waals surface area contributed by atoms with Crippen molar-refractivity contribution in [2.24, 2.45) is 5.92 Å². The van der Waals surface area contributed by atoms with E-state index in [-0.39, 0.29) is 11.8 Å². The number of carbonyl (C=O) groups excluding carboxylic acids is 1. The van der Waals surface area contributed by atoms with E-state index in [1.807, 2.05) is 35.0 Å². The van der Waals surface area contributed by atoms with E-state index in [0.717, 1.165) is 46.3 Å². The van der Waals surface area contributed by atoms with Crippen molar-refractivity contribution in [3.05, 3.63) is 70.9 Å². The van der Waals surface area contributed by atoms with Gasteiger partial charge in [-0.15, -0.1) is 5.10 Å². The van der Waals surface area contributed by atoms with Gasteiger partial charge in [-0.25, -0.2) is 9.50 Å². The van der Waals surface area contributed by atoms with E-state index in [4.69, 9.17) is 21.7 Å². The molecule has 1 aliphatic heterocycles. The molecule has 0 saturated carbocycles. The summed E-state index contributed by atoms with van der Waals surface area (Å²) in [6, 6.07) is 15.9. The first-order valence-electron chi connectivity index (χ1n) is 10.8. The van der Waals surface area contributed by atoms with Crippen molar-refractivity contribution in [2.45, 2.75) is 26.3 Å². The number of piperidine rings is 1. The quantitative estimate of drug-likeness (QED) is 0.453. The van der Waals surface area contributed by atoms with Crippen LogP contribution >= 0.6 is 22.9 Å². The van der Waals surface area contributed by atoms with Gasteiger partial charge < -0.3 is 10.2 Å². The zero-order chi connectivity index (χ0) is 22.1. The highest BCUT2D eigenvalue weighted by atomic mass is 35.5. The van der Waals surface area contributed by atoms with Gasteiger partial charge >= 0.3 is 0 Å². The second-order valence-electron chi connectivity index (χ2n) is 8.23. The van der Waals surface area contributed by atoms with Crippen LogP contribution in [0.1, 0.15) is 24.0 Å². The van der Waals surface area contributed by atoms with Crippen LogP contribution in [-0.2, 0) is 11.3 Å². The number of aryl methyl sites for hydroxylation is 1. The van der Waals surface area contributed by atoms with Crippen LogP contribution in [0.4, 0.5) is 5.13 Å². The van der Waals surface area contributed by atoms with Gasteiger partial charge in [-0.3, -0.25) is 4.79 Å². The Balaban J connectivity index is 1.24. The summed E-state index contributed by atoms with van der Waals surface area (Å²) in [7, 11) is 0. The highest BCUT2D eigenvalue weighted by Crippen LogP contribution is 2.30. The molecule has 0 spiro atoms. The number of rotatable bonds is 5. The fourth-order valence-corrected chi connectivity index (χ4v) is 5.03. The van der Waals surface area contributed by atoms with Crippen LogP contribution in [-0.4, -0.2) is 33.6 Å². The van der Waals surface area contributed by atoms with Crippen molar-refractivity contribution >= 4 is 38.9 Å². The number of hydrogen-bond donors (Lipinski definition) is 1. The molecule has 1 atom stereocenters. The van der Waals surface area contributed by atoms with Crippen molar-refractivity contribution in [1.82, 2.24) is 19.9 Å². The number of hydrogen-bond acceptors (Lipinski definition) is 5. The smallest absolute Gasteiger partial charge is 0.225 e. The number of benzene rings is 2. The number of halogens is 1. The highest BCUT2D eigenvalue weighted by molar-refractivity contribution is 7.20. The molecule has 2 aromatic heterocycles. The lowest BCUT2D eigenvalue weighted by Crippen LogP contribution is -2.43. The van der Waals surface area contributed by atoms with Gasteiger partial charge in [0.2, 0.25) is 16.0 Å².